The number of fused-ring (bicyclic) bond motifs is 1. The van der Waals surface area contributed by atoms with Gasteiger partial charge in [-0.1, -0.05) is 11.3 Å². The van der Waals surface area contributed by atoms with Crippen molar-refractivity contribution in [1.29, 1.82) is 0 Å². The van der Waals surface area contributed by atoms with Crippen LogP contribution in [0, 0.1) is 0 Å². The monoisotopic (exact) mass is 277 g/mol. The molecule has 3 heterocycles. The molecule has 0 radical (unpaired) electrons. The number of nitrogens with one attached hydrogen (secondary N) is 1. The van der Waals surface area contributed by atoms with Crippen molar-refractivity contribution in [3.8, 4) is 0 Å². The zero-order valence-corrected chi connectivity index (χ0v) is 10.1. The molecule has 3 rings (SSSR count). The smallest absolute Gasteiger partial charge is 0.314 e. The molecule has 0 amide bonds. The number of rotatable bonds is 2. The van der Waals surface area contributed by atoms with E-state index in [1.165, 1.54) is 0 Å². The quantitative estimate of drug-likeness (QED) is 0.904. The second-order valence-electron chi connectivity index (χ2n) is 4.21. The first-order valence-corrected chi connectivity index (χ1v) is 6.37. The van der Waals surface area contributed by atoms with Gasteiger partial charge in [0.25, 0.3) is 5.82 Å². The van der Waals surface area contributed by atoms with Gasteiger partial charge in [-0.3, -0.25) is 0 Å². The predicted molar refractivity (Wildman–Crippen MR) is 58.4 cm³/mol. The molecule has 1 aliphatic heterocycles. The average molecular weight is 277 g/mol. The standard InChI is InChI=1S/C9H10F3N5S/c10-9(11,12)7-14-15-8-17(7)16-6(18-8)4-5-2-1-3-13-5/h5,13H,1-4H2. The molecular formula is C9H10F3N5S. The van der Waals surface area contributed by atoms with Gasteiger partial charge in [-0.25, -0.2) is 0 Å². The van der Waals surface area contributed by atoms with Crippen LogP contribution in [0.25, 0.3) is 4.96 Å². The van der Waals surface area contributed by atoms with Crippen LogP contribution in [0.4, 0.5) is 13.2 Å². The Morgan fingerprint density at radius 3 is 2.89 bits per heavy atom. The van der Waals surface area contributed by atoms with Crippen molar-refractivity contribution in [2.24, 2.45) is 0 Å². The summed E-state index contributed by atoms with van der Waals surface area (Å²) in [5.41, 5.74) is 0. The highest BCUT2D eigenvalue weighted by atomic mass is 32.1. The fourth-order valence-corrected chi connectivity index (χ4v) is 2.97. The Bertz CT molecular complexity index is 554. The van der Waals surface area contributed by atoms with Gasteiger partial charge < -0.3 is 5.32 Å². The first-order chi connectivity index (χ1) is 8.54. The summed E-state index contributed by atoms with van der Waals surface area (Å²) in [6.07, 6.45) is -1.74. The number of nitrogens with zero attached hydrogens (tertiary/aromatic N) is 4. The Labute approximate surface area is 104 Å². The summed E-state index contributed by atoms with van der Waals surface area (Å²) in [6, 6.07) is 0.308. The number of aromatic nitrogens is 4. The van der Waals surface area contributed by atoms with Crippen molar-refractivity contribution in [2.75, 3.05) is 6.54 Å². The van der Waals surface area contributed by atoms with Crippen molar-refractivity contribution < 1.29 is 13.2 Å². The first-order valence-electron chi connectivity index (χ1n) is 5.56. The highest BCUT2D eigenvalue weighted by Gasteiger charge is 2.38. The maximum absolute atomic E-state index is 12.6. The number of halogens is 3. The lowest BCUT2D eigenvalue weighted by Crippen LogP contribution is -2.23. The third kappa shape index (κ3) is 2.07. The van der Waals surface area contributed by atoms with Crippen LogP contribution in [0.5, 0.6) is 0 Å². The van der Waals surface area contributed by atoms with E-state index in [0.29, 0.717) is 17.5 Å². The third-order valence-corrected chi connectivity index (χ3v) is 3.79. The lowest BCUT2D eigenvalue weighted by Gasteiger charge is -2.05. The van der Waals surface area contributed by atoms with Crippen molar-refractivity contribution in [3.63, 3.8) is 0 Å². The van der Waals surface area contributed by atoms with E-state index in [1.807, 2.05) is 0 Å². The Kier molecular flexibility index (Phi) is 2.74. The van der Waals surface area contributed by atoms with Gasteiger partial charge >= 0.3 is 6.18 Å². The third-order valence-electron chi connectivity index (χ3n) is 2.87. The van der Waals surface area contributed by atoms with E-state index >= 15 is 0 Å². The van der Waals surface area contributed by atoms with Crippen LogP contribution in [-0.2, 0) is 12.6 Å². The van der Waals surface area contributed by atoms with Crippen molar-refractivity contribution in [1.82, 2.24) is 25.1 Å². The normalized spacial score (nSPS) is 20.9. The van der Waals surface area contributed by atoms with Gasteiger partial charge in [-0.15, -0.1) is 10.2 Å². The van der Waals surface area contributed by atoms with E-state index in [2.05, 4.69) is 20.6 Å². The van der Waals surface area contributed by atoms with Crippen LogP contribution in [0.1, 0.15) is 23.7 Å². The van der Waals surface area contributed by atoms with Crippen LogP contribution in [0.15, 0.2) is 0 Å². The van der Waals surface area contributed by atoms with E-state index in [1.54, 1.807) is 0 Å². The zero-order chi connectivity index (χ0) is 12.8. The van der Waals surface area contributed by atoms with Crippen LogP contribution in [-0.4, -0.2) is 32.4 Å². The van der Waals surface area contributed by atoms with E-state index in [4.69, 9.17) is 0 Å². The Hall–Kier alpha value is -1.22. The molecule has 0 aromatic carbocycles. The van der Waals surface area contributed by atoms with E-state index in [9.17, 15) is 13.2 Å². The number of hydrogen-bond acceptors (Lipinski definition) is 5. The van der Waals surface area contributed by atoms with Crippen LogP contribution >= 0.6 is 11.3 Å². The SMILES string of the molecule is FC(F)(F)c1nnc2sc(CC3CCCN3)nn12. The summed E-state index contributed by atoms with van der Waals surface area (Å²) < 4.78 is 38.6. The molecule has 2 aromatic rings. The maximum atomic E-state index is 12.6. The molecule has 1 saturated heterocycles. The second kappa shape index (κ2) is 4.16. The van der Waals surface area contributed by atoms with Crippen molar-refractivity contribution >= 4 is 16.3 Å². The van der Waals surface area contributed by atoms with Gasteiger partial charge in [0.15, 0.2) is 0 Å². The number of alkyl halides is 3. The second-order valence-corrected chi connectivity index (χ2v) is 5.25. The van der Waals surface area contributed by atoms with Gasteiger partial charge in [-0.2, -0.15) is 22.8 Å². The molecule has 18 heavy (non-hydrogen) atoms. The molecule has 1 aliphatic rings. The Balaban J connectivity index is 1.89. The minimum atomic E-state index is -4.52. The summed E-state index contributed by atoms with van der Waals surface area (Å²) in [5.74, 6) is -1.06. The summed E-state index contributed by atoms with van der Waals surface area (Å²) in [5, 5.41) is 14.5. The molecule has 1 N–H and O–H groups in total. The lowest BCUT2D eigenvalue weighted by molar-refractivity contribution is -0.146. The highest BCUT2D eigenvalue weighted by molar-refractivity contribution is 7.16. The van der Waals surface area contributed by atoms with Crippen LogP contribution < -0.4 is 5.32 Å². The maximum Gasteiger partial charge on any atom is 0.453 e. The summed E-state index contributed by atoms with van der Waals surface area (Å²) >= 11 is 1.16. The fraction of sp³-hybridized carbons (Fsp3) is 0.667. The molecule has 1 atom stereocenters. The van der Waals surface area contributed by atoms with E-state index in [0.717, 1.165) is 35.2 Å². The molecular weight excluding hydrogens is 267 g/mol. The van der Waals surface area contributed by atoms with Crippen molar-refractivity contribution in [2.45, 2.75) is 31.5 Å². The molecule has 0 saturated carbocycles. The summed E-state index contributed by atoms with van der Waals surface area (Å²) in [4.78, 5) is 0.190. The van der Waals surface area contributed by atoms with Gasteiger partial charge in [0.2, 0.25) is 4.96 Å². The minimum absolute atomic E-state index is 0.190. The Morgan fingerprint density at radius 2 is 2.22 bits per heavy atom. The van der Waals surface area contributed by atoms with Gasteiger partial charge in [0.05, 0.1) is 0 Å². The molecule has 1 fully saturated rings. The lowest BCUT2D eigenvalue weighted by atomic mass is 10.2. The van der Waals surface area contributed by atoms with E-state index in [-0.39, 0.29) is 4.96 Å². The van der Waals surface area contributed by atoms with Crippen LogP contribution in [0.2, 0.25) is 0 Å². The summed E-state index contributed by atoms with van der Waals surface area (Å²) in [7, 11) is 0. The average Bonchev–Trinajstić information content (AvgIpc) is 2.90. The first kappa shape index (κ1) is 11.8. The number of hydrogen-bond donors (Lipinski definition) is 1. The largest absolute Gasteiger partial charge is 0.453 e. The molecule has 0 spiro atoms. The van der Waals surface area contributed by atoms with Crippen molar-refractivity contribution in [3.05, 3.63) is 10.8 Å². The van der Waals surface area contributed by atoms with Gasteiger partial charge in [-0.05, 0) is 19.4 Å². The minimum Gasteiger partial charge on any atom is -0.314 e. The molecule has 2 aromatic heterocycles. The molecule has 5 nitrogen and oxygen atoms in total. The Morgan fingerprint density at radius 1 is 1.39 bits per heavy atom. The molecule has 9 heteroatoms. The molecule has 0 bridgehead atoms. The molecule has 98 valence electrons. The van der Waals surface area contributed by atoms with E-state index < -0.39 is 12.0 Å². The topological polar surface area (TPSA) is 55.1 Å². The summed E-state index contributed by atoms with van der Waals surface area (Å²) in [6.45, 7) is 0.961. The fourth-order valence-electron chi connectivity index (χ4n) is 2.06. The highest BCUT2D eigenvalue weighted by Crippen LogP contribution is 2.29. The predicted octanol–water partition coefficient (Wildman–Crippen LogP) is 1.50. The zero-order valence-electron chi connectivity index (χ0n) is 9.24. The van der Waals surface area contributed by atoms with Gasteiger partial charge in [0.1, 0.15) is 5.01 Å². The molecule has 0 aliphatic carbocycles. The van der Waals surface area contributed by atoms with Crippen LogP contribution in [0.3, 0.4) is 0 Å². The molecule has 1 unspecified atom stereocenters. The van der Waals surface area contributed by atoms with Gasteiger partial charge in [0, 0.05) is 12.5 Å².